The van der Waals surface area contributed by atoms with Crippen molar-refractivity contribution in [1.29, 1.82) is 0 Å². The van der Waals surface area contributed by atoms with Gasteiger partial charge in [-0.2, -0.15) is 11.8 Å². The molecule has 0 aromatic heterocycles. The first-order valence-electron chi connectivity index (χ1n) is 4.88. The third kappa shape index (κ3) is 4.64. The van der Waals surface area contributed by atoms with Crippen LogP contribution >= 0.6 is 35.0 Å². The molecule has 0 saturated heterocycles. The molecule has 0 unspecified atom stereocenters. The van der Waals surface area contributed by atoms with E-state index in [-0.39, 0.29) is 0 Å². The molecule has 0 fully saturated rings. The summed E-state index contributed by atoms with van der Waals surface area (Å²) in [6.45, 7) is 1.75. The van der Waals surface area contributed by atoms with Crippen LogP contribution in [0.1, 0.15) is 12.0 Å². The largest absolute Gasteiger partial charge is 0.313 e. The Morgan fingerprint density at radius 1 is 1.27 bits per heavy atom. The SMILES string of the molecule is CSCCCNCc1c(Cl)cccc1Cl. The van der Waals surface area contributed by atoms with E-state index in [9.17, 15) is 0 Å². The van der Waals surface area contributed by atoms with Gasteiger partial charge in [0.1, 0.15) is 0 Å². The zero-order chi connectivity index (χ0) is 11.1. The molecular formula is C11H15Cl2NS. The molecule has 15 heavy (non-hydrogen) atoms. The minimum atomic E-state index is 0.736. The molecule has 0 radical (unpaired) electrons. The minimum Gasteiger partial charge on any atom is -0.313 e. The Morgan fingerprint density at radius 2 is 1.93 bits per heavy atom. The third-order valence-corrected chi connectivity index (χ3v) is 3.47. The van der Waals surface area contributed by atoms with Crippen molar-refractivity contribution in [2.75, 3.05) is 18.6 Å². The monoisotopic (exact) mass is 263 g/mol. The van der Waals surface area contributed by atoms with Gasteiger partial charge < -0.3 is 5.32 Å². The highest BCUT2D eigenvalue weighted by Gasteiger charge is 2.03. The molecule has 0 heterocycles. The van der Waals surface area contributed by atoms with Crippen LogP contribution < -0.4 is 5.32 Å². The van der Waals surface area contributed by atoms with E-state index in [1.165, 1.54) is 12.2 Å². The fourth-order valence-corrected chi connectivity index (χ4v) is 2.22. The van der Waals surface area contributed by atoms with Crippen LogP contribution in [-0.4, -0.2) is 18.6 Å². The molecule has 1 aromatic carbocycles. The number of halogens is 2. The third-order valence-electron chi connectivity index (χ3n) is 2.07. The van der Waals surface area contributed by atoms with Crippen LogP contribution in [0.3, 0.4) is 0 Å². The zero-order valence-corrected chi connectivity index (χ0v) is 11.1. The van der Waals surface area contributed by atoms with Crippen molar-refractivity contribution in [3.05, 3.63) is 33.8 Å². The number of benzene rings is 1. The Kier molecular flexibility index (Phi) is 6.50. The summed E-state index contributed by atoms with van der Waals surface area (Å²) in [6.07, 6.45) is 3.29. The van der Waals surface area contributed by atoms with E-state index in [1.54, 1.807) is 0 Å². The van der Waals surface area contributed by atoms with Gasteiger partial charge in [0.05, 0.1) is 0 Å². The standard InChI is InChI=1S/C11H15Cl2NS/c1-15-7-3-6-14-8-9-10(12)4-2-5-11(9)13/h2,4-5,14H,3,6-8H2,1H3. The fraction of sp³-hybridized carbons (Fsp3) is 0.455. The van der Waals surface area contributed by atoms with Crippen molar-refractivity contribution in [3.63, 3.8) is 0 Å². The molecule has 0 spiro atoms. The number of rotatable bonds is 6. The highest BCUT2D eigenvalue weighted by atomic mass is 35.5. The van der Waals surface area contributed by atoms with E-state index < -0.39 is 0 Å². The molecule has 0 aliphatic heterocycles. The summed E-state index contributed by atoms with van der Waals surface area (Å²) in [5.74, 6) is 1.18. The molecule has 4 heteroatoms. The lowest BCUT2D eigenvalue weighted by molar-refractivity contribution is 0.679. The number of nitrogens with one attached hydrogen (secondary N) is 1. The fourth-order valence-electron chi connectivity index (χ4n) is 1.26. The van der Waals surface area contributed by atoms with Gasteiger partial charge in [-0.3, -0.25) is 0 Å². The molecule has 0 saturated carbocycles. The topological polar surface area (TPSA) is 12.0 Å². The van der Waals surface area contributed by atoms with E-state index in [1.807, 2.05) is 30.0 Å². The number of hydrogen-bond acceptors (Lipinski definition) is 2. The van der Waals surface area contributed by atoms with Gasteiger partial charge in [-0.1, -0.05) is 29.3 Å². The summed E-state index contributed by atoms with van der Waals surface area (Å²) in [5, 5.41) is 4.81. The lowest BCUT2D eigenvalue weighted by Crippen LogP contribution is -2.15. The summed E-state index contributed by atoms with van der Waals surface area (Å²) in [6, 6.07) is 5.60. The van der Waals surface area contributed by atoms with Gasteiger partial charge in [0.15, 0.2) is 0 Å². The van der Waals surface area contributed by atoms with Gasteiger partial charge in [0.25, 0.3) is 0 Å². The minimum absolute atomic E-state index is 0.736. The number of hydrogen-bond donors (Lipinski definition) is 1. The molecule has 1 N–H and O–H groups in total. The Hall–Kier alpha value is 0.110. The second kappa shape index (κ2) is 7.39. The van der Waals surface area contributed by atoms with Crippen molar-refractivity contribution in [3.8, 4) is 0 Å². The molecule has 0 amide bonds. The molecular weight excluding hydrogens is 249 g/mol. The van der Waals surface area contributed by atoms with Crippen LogP contribution in [-0.2, 0) is 6.54 Å². The first kappa shape index (κ1) is 13.2. The molecule has 1 nitrogen and oxygen atoms in total. The van der Waals surface area contributed by atoms with Crippen molar-refractivity contribution in [2.45, 2.75) is 13.0 Å². The molecule has 0 aliphatic carbocycles. The predicted molar refractivity (Wildman–Crippen MR) is 71.2 cm³/mol. The lowest BCUT2D eigenvalue weighted by atomic mass is 10.2. The summed E-state index contributed by atoms with van der Waals surface area (Å²) in [5.41, 5.74) is 0.991. The first-order valence-corrected chi connectivity index (χ1v) is 7.03. The average Bonchev–Trinajstić information content (AvgIpc) is 2.21. The summed E-state index contributed by atoms with van der Waals surface area (Å²) < 4.78 is 0. The maximum atomic E-state index is 6.04. The highest BCUT2D eigenvalue weighted by Crippen LogP contribution is 2.23. The van der Waals surface area contributed by atoms with Gasteiger partial charge in [0.2, 0.25) is 0 Å². The predicted octanol–water partition coefficient (Wildman–Crippen LogP) is 3.84. The van der Waals surface area contributed by atoms with Gasteiger partial charge in [-0.15, -0.1) is 0 Å². The van der Waals surface area contributed by atoms with Crippen LogP contribution in [0, 0.1) is 0 Å². The van der Waals surface area contributed by atoms with Gasteiger partial charge in [-0.05, 0) is 37.1 Å². The maximum Gasteiger partial charge on any atom is 0.0465 e. The Balaban J connectivity index is 2.37. The van der Waals surface area contributed by atoms with Crippen molar-refractivity contribution >= 4 is 35.0 Å². The lowest BCUT2D eigenvalue weighted by Gasteiger charge is -2.08. The van der Waals surface area contributed by atoms with Crippen LogP contribution in [0.2, 0.25) is 10.0 Å². The van der Waals surface area contributed by atoms with E-state index in [4.69, 9.17) is 23.2 Å². The highest BCUT2D eigenvalue weighted by molar-refractivity contribution is 7.98. The van der Waals surface area contributed by atoms with Crippen molar-refractivity contribution < 1.29 is 0 Å². The van der Waals surface area contributed by atoms with E-state index in [0.29, 0.717) is 0 Å². The Morgan fingerprint density at radius 3 is 2.53 bits per heavy atom. The average molecular weight is 264 g/mol. The zero-order valence-electron chi connectivity index (χ0n) is 8.72. The summed E-state index contributed by atoms with van der Waals surface area (Å²) in [7, 11) is 0. The Labute approximate surface area is 106 Å². The van der Waals surface area contributed by atoms with Crippen LogP contribution in [0.4, 0.5) is 0 Å². The van der Waals surface area contributed by atoms with Crippen LogP contribution in [0.25, 0.3) is 0 Å². The molecule has 1 rings (SSSR count). The smallest absolute Gasteiger partial charge is 0.0465 e. The van der Waals surface area contributed by atoms with Gasteiger partial charge in [0, 0.05) is 22.2 Å². The first-order chi connectivity index (χ1) is 7.25. The molecule has 1 aromatic rings. The van der Waals surface area contributed by atoms with E-state index >= 15 is 0 Å². The van der Waals surface area contributed by atoms with Gasteiger partial charge in [-0.25, -0.2) is 0 Å². The van der Waals surface area contributed by atoms with Crippen LogP contribution in [0.15, 0.2) is 18.2 Å². The molecule has 0 aliphatic rings. The molecule has 0 atom stereocenters. The second-order valence-corrected chi connectivity index (χ2v) is 5.02. The van der Waals surface area contributed by atoms with E-state index in [0.717, 1.165) is 28.7 Å². The second-order valence-electron chi connectivity index (χ2n) is 3.22. The quantitative estimate of drug-likeness (QED) is 0.783. The normalized spacial score (nSPS) is 10.6. The molecule has 84 valence electrons. The van der Waals surface area contributed by atoms with Crippen LogP contribution in [0.5, 0.6) is 0 Å². The summed E-state index contributed by atoms with van der Waals surface area (Å²) >= 11 is 13.9. The maximum absolute atomic E-state index is 6.04. The number of thioether (sulfide) groups is 1. The summed E-state index contributed by atoms with van der Waals surface area (Å²) in [4.78, 5) is 0. The van der Waals surface area contributed by atoms with Crippen molar-refractivity contribution in [2.24, 2.45) is 0 Å². The Bertz CT molecular complexity index is 284. The van der Waals surface area contributed by atoms with E-state index in [2.05, 4.69) is 11.6 Å². The van der Waals surface area contributed by atoms with Gasteiger partial charge >= 0.3 is 0 Å². The molecule has 0 bridgehead atoms. The van der Waals surface area contributed by atoms with Crippen molar-refractivity contribution in [1.82, 2.24) is 5.32 Å².